The third kappa shape index (κ3) is 5.17. The summed E-state index contributed by atoms with van der Waals surface area (Å²) in [5.74, 6) is 0. The van der Waals surface area contributed by atoms with Crippen molar-refractivity contribution >= 4 is 33.7 Å². The number of hydrogen-bond acceptors (Lipinski definition) is 0. The second kappa shape index (κ2) is 12.1. The van der Waals surface area contributed by atoms with Gasteiger partial charge in [-0.25, -0.2) is 0 Å². The fourth-order valence-corrected chi connectivity index (χ4v) is 11.6. The molecule has 0 saturated heterocycles. The molecule has 2 aliphatic carbocycles. The summed E-state index contributed by atoms with van der Waals surface area (Å²) in [4.78, 5) is 0. The van der Waals surface area contributed by atoms with Crippen LogP contribution in [0.15, 0.2) is 132 Å². The minimum atomic E-state index is -0.912. The van der Waals surface area contributed by atoms with E-state index in [4.69, 9.17) is 0 Å². The molecule has 208 valence electrons. The molecule has 6 aromatic carbocycles. The van der Waals surface area contributed by atoms with Crippen molar-refractivity contribution < 1.29 is 48.0 Å². The van der Waals surface area contributed by atoms with Crippen LogP contribution in [0.4, 0.5) is 0 Å². The second-order valence-electron chi connectivity index (χ2n) is 11.6. The first kappa shape index (κ1) is 29.8. The number of rotatable bonds is 4. The zero-order valence-corrected chi connectivity index (χ0v) is 28.1. The van der Waals surface area contributed by atoms with Crippen LogP contribution < -0.4 is 24.8 Å². The molecule has 0 amide bonds. The van der Waals surface area contributed by atoms with Crippen LogP contribution in [0.1, 0.15) is 43.4 Å². The van der Waals surface area contributed by atoms with E-state index in [9.17, 15) is 0 Å². The van der Waals surface area contributed by atoms with Crippen LogP contribution in [0.25, 0.3) is 56.0 Å². The molecule has 0 N–H and O–H groups in total. The summed E-state index contributed by atoms with van der Waals surface area (Å²) in [7, 11) is 0. The molecule has 0 heterocycles. The van der Waals surface area contributed by atoms with Gasteiger partial charge in [0.1, 0.15) is 0 Å². The van der Waals surface area contributed by atoms with Crippen LogP contribution >= 0.6 is 0 Å². The first-order valence-corrected chi connectivity index (χ1v) is 17.3. The number of halogens is 2. The summed E-state index contributed by atoms with van der Waals surface area (Å²) < 4.78 is 1.19. The molecule has 0 saturated carbocycles. The minimum absolute atomic E-state index is 0. The van der Waals surface area contributed by atoms with Gasteiger partial charge in [0, 0.05) is 0 Å². The average molecular weight is 673 g/mol. The Hall–Kier alpha value is -3.22. The summed E-state index contributed by atoms with van der Waals surface area (Å²) in [5.41, 5.74) is 14.4. The van der Waals surface area contributed by atoms with E-state index in [1.54, 1.807) is 22.3 Å². The minimum Gasteiger partial charge on any atom is -1.00 e. The van der Waals surface area contributed by atoms with E-state index in [-0.39, 0.29) is 24.8 Å². The zero-order valence-electron chi connectivity index (χ0n) is 24.1. The second-order valence-corrected chi connectivity index (χ2v) is 15.2. The maximum Gasteiger partial charge on any atom is -1.00 e. The molecule has 2 atom stereocenters. The van der Waals surface area contributed by atoms with Gasteiger partial charge in [-0.15, -0.1) is 0 Å². The van der Waals surface area contributed by atoms with Crippen LogP contribution in [-0.4, -0.2) is 0 Å². The quantitative estimate of drug-likeness (QED) is 0.247. The van der Waals surface area contributed by atoms with Gasteiger partial charge in [-0.1, -0.05) is 0 Å². The van der Waals surface area contributed by atoms with Crippen molar-refractivity contribution in [2.75, 3.05) is 0 Å². The Morgan fingerprint density at radius 2 is 0.860 bits per heavy atom. The van der Waals surface area contributed by atoms with Crippen LogP contribution in [0.5, 0.6) is 0 Å². The molecule has 43 heavy (non-hydrogen) atoms. The van der Waals surface area contributed by atoms with Gasteiger partial charge in [0.15, 0.2) is 0 Å². The maximum atomic E-state index is 2.49. The molecule has 2 unspecified atom stereocenters. The van der Waals surface area contributed by atoms with Crippen molar-refractivity contribution in [2.45, 2.75) is 21.1 Å². The summed E-state index contributed by atoms with van der Waals surface area (Å²) in [6.45, 7) is 4.74. The topological polar surface area (TPSA) is 0 Å². The van der Waals surface area contributed by atoms with E-state index in [0.29, 0.717) is 7.25 Å². The molecule has 0 fully saturated rings. The molecule has 0 aromatic heterocycles. The smallest absolute Gasteiger partial charge is 1.00 e. The fraction of sp³-hybridized carbons (Fsp3) is 0.100. The molecule has 3 heteroatoms. The van der Waals surface area contributed by atoms with Gasteiger partial charge >= 0.3 is 255 Å². The van der Waals surface area contributed by atoms with Crippen LogP contribution in [0, 0.1) is 0 Å². The fourth-order valence-electron chi connectivity index (χ4n) is 6.93. The Morgan fingerprint density at radius 1 is 0.442 bits per heavy atom. The largest absolute Gasteiger partial charge is 1.00 e. The normalized spacial score (nSPS) is 16.4. The van der Waals surface area contributed by atoms with Gasteiger partial charge in [0.25, 0.3) is 0 Å². The van der Waals surface area contributed by atoms with Crippen molar-refractivity contribution in [1.29, 1.82) is 0 Å². The van der Waals surface area contributed by atoms with Crippen molar-refractivity contribution in [3.05, 3.63) is 155 Å². The summed E-state index contributed by atoms with van der Waals surface area (Å²) in [6, 6.07) is 45.2. The van der Waals surface area contributed by atoms with Crippen molar-refractivity contribution in [1.82, 2.24) is 0 Å². The Kier molecular flexibility index (Phi) is 8.36. The Labute approximate surface area is 277 Å². The molecule has 8 rings (SSSR count). The summed E-state index contributed by atoms with van der Waals surface area (Å²) in [6.07, 6.45) is 4.98. The molecule has 0 bridgehead atoms. The van der Waals surface area contributed by atoms with Gasteiger partial charge in [-0.3, -0.25) is 0 Å². The Bertz CT molecular complexity index is 1920. The van der Waals surface area contributed by atoms with Crippen LogP contribution in [0.3, 0.4) is 0 Å². The number of hydrogen-bond donors (Lipinski definition) is 0. The molecular formula is C40H30Cl2Zr. The molecule has 0 nitrogen and oxygen atoms in total. The van der Waals surface area contributed by atoms with E-state index in [0.717, 1.165) is 0 Å². The summed E-state index contributed by atoms with van der Waals surface area (Å²) >= 11 is -0.912. The first-order valence-electron chi connectivity index (χ1n) is 14.5. The van der Waals surface area contributed by atoms with Gasteiger partial charge in [0.2, 0.25) is 0 Å². The monoisotopic (exact) mass is 670 g/mol. The third-order valence-electron chi connectivity index (χ3n) is 9.01. The molecule has 0 spiro atoms. The van der Waals surface area contributed by atoms with Gasteiger partial charge in [-0.2, -0.15) is 0 Å². The first-order chi connectivity index (χ1) is 20.1. The number of allylic oxidation sites excluding steroid dienone is 2. The Balaban J connectivity index is 0.00000165. The van der Waals surface area contributed by atoms with Crippen molar-refractivity contribution in [3.8, 4) is 22.3 Å². The molecular weight excluding hydrogens is 643 g/mol. The predicted molar refractivity (Wildman–Crippen MR) is 172 cm³/mol. The number of benzene rings is 6. The van der Waals surface area contributed by atoms with Gasteiger partial charge < -0.3 is 24.8 Å². The third-order valence-corrected chi connectivity index (χ3v) is 14.4. The van der Waals surface area contributed by atoms with Gasteiger partial charge in [0.05, 0.1) is 0 Å². The van der Waals surface area contributed by atoms with E-state index in [1.165, 1.54) is 54.9 Å². The zero-order chi connectivity index (χ0) is 27.5. The molecule has 0 aliphatic heterocycles. The van der Waals surface area contributed by atoms with Gasteiger partial charge in [-0.05, 0) is 0 Å². The van der Waals surface area contributed by atoms with Crippen LogP contribution in [-0.2, 0) is 23.2 Å². The molecule has 6 aromatic rings. The van der Waals surface area contributed by atoms with E-state index < -0.39 is 23.2 Å². The van der Waals surface area contributed by atoms with E-state index >= 15 is 0 Å². The molecule has 2 aliphatic rings. The SMILES string of the molecule is CC1=Cc2c(-c3ccc4ccccc4c3)cccc2[CH]1[Zr+2][CH]1C(C)=Cc2c(-c3ccc4ccccc4c3)cccc21.[Cl-].[Cl-]. The predicted octanol–water partition coefficient (Wildman–Crippen LogP) is 5.03. The van der Waals surface area contributed by atoms with Crippen molar-refractivity contribution in [2.24, 2.45) is 0 Å². The standard InChI is InChI=1S/2C20H15.2ClH.Zr/c2*1-14-11-17-7-4-8-19(20(17)12-14)18-10-9-15-5-2-3-6-16(15)13-18;;;/h2*2-13H,1H3;2*1H;/q;;;;+2/p-2. The van der Waals surface area contributed by atoms with Crippen LogP contribution in [0.2, 0.25) is 0 Å². The van der Waals surface area contributed by atoms with Crippen molar-refractivity contribution in [3.63, 3.8) is 0 Å². The Morgan fingerprint density at radius 3 is 1.30 bits per heavy atom. The van der Waals surface area contributed by atoms with E-state index in [1.807, 2.05) is 0 Å². The molecule has 0 radical (unpaired) electrons. The number of fused-ring (bicyclic) bond motifs is 4. The maximum absolute atomic E-state index is 2.49. The van der Waals surface area contributed by atoms with E-state index in [2.05, 4.69) is 147 Å². The average Bonchev–Trinajstić information content (AvgIpc) is 3.51. The summed E-state index contributed by atoms with van der Waals surface area (Å²) in [5, 5.41) is 5.21.